The van der Waals surface area contributed by atoms with Crippen molar-refractivity contribution in [1.29, 1.82) is 0 Å². The summed E-state index contributed by atoms with van der Waals surface area (Å²) in [4.78, 5) is 25.2. The largest absolute Gasteiger partial charge is 0.489 e. The van der Waals surface area contributed by atoms with Crippen LogP contribution < -0.4 is 16.0 Å². The molecule has 1 fully saturated rings. The fourth-order valence-corrected chi connectivity index (χ4v) is 4.06. The van der Waals surface area contributed by atoms with Gasteiger partial charge in [0.05, 0.1) is 28.9 Å². The minimum absolute atomic E-state index is 0.0954. The number of rotatable bonds is 7. The van der Waals surface area contributed by atoms with E-state index in [0.717, 1.165) is 14.7 Å². The lowest BCUT2D eigenvalue weighted by atomic mass is 10.1. The standard InChI is InChI=1S/C23H23BrN2O5/c24-26-22(28)18(13-25(23(26)29)21-10-9-20(14-27)31-21)11-17-7-4-8-19(12-17)30-15-16-5-2-1-3-6-16/h1-8,12-13,20-21,27H,9-11,14-15H2/t20-,21+/m0/s1. The summed E-state index contributed by atoms with van der Waals surface area (Å²) in [6.45, 7) is 0.357. The van der Waals surface area contributed by atoms with E-state index >= 15 is 0 Å². The smallest absolute Gasteiger partial charge is 0.343 e. The maximum atomic E-state index is 12.7. The zero-order valence-electron chi connectivity index (χ0n) is 16.8. The van der Waals surface area contributed by atoms with Crippen molar-refractivity contribution < 1.29 is 14.6 Å². The summed E-state index contributed by atoms with van der Waals surface area (Å²) in [5.74, 6) is 0.707. The van der Waals surface area contributed by atoms with Crippen LogP contribution in [-0.2, 0) is 17.8 Å². The summed E-state index contributed by atoms with van der Waals surface area (Å²) < 4.78 is 13.9. The number of aromatic nitrogens is 2. The lowest BCUT2D eigenvalue weighted by Gasteiger charge is -2.17. The van der Waals surface area contributed by atoms with E-state index in [1.165, 1.54) is 4.57 Å². The van der Waals surface area contributed by atoms with Crippen LogP contribution >= 0.6 is 16.1 Å². The molecule has 2 heterocycles. The molecule has 4 rings (SSSR count). The van der Waals surface area contributed by atoms with E-state index in [2.05, 4.69) is 16.1 Å². The fourth-order valence-electron chi connectivity index (χ4n) is 3.65. The van der Waals surface area contributed by atoms with Crippen LogP contribution in [0.4, 0.5) is 0 Å². The average Bonchev–Trinajstić information content (AvgIpc) is 3.28. The predicted octanol–water partition coefficient (Wildman–Crippen LogP) is 3.01. The molecule has 7 nitrogen and oxygen atoms in total. The van der Waals surface area contributed by atoms with Crippen molar-refractivity contribution in [1.82, 2.24) is 8.16 Å². The Hall–Kier alpha value is -2.68. The SMILES string of the molecule is O=c1c(Cc2cccc(OCc3ccccc3)c2)cn([C@H]2CC[C@@H](CO)O2)c(=O)n1Br. The summed E-state index contributed by atoms with van der Waals surface area (Å²) in [6.07, 6.45) is 2.35. The minimum atomic E-state index is -0.506. The molecular formula is C23H23BrN2O5. The first-order valence-corrected chi connectivity index (χ1v) is 10.8. The Morgan fingerprint density at radius 3 is 2.58 bits per heavy atom. The molecule has 0 saturated carbocycles. The van der Waals surface area contributed by atoms with Gasteiger partial charge in [-0.3, -0.25) is 9.36 Å². The number of aliphatic hydroxyl groups is 1. The van der Waals surface area contributed by atoms with Crippen molar-refractivity contribution in [2.45, 2.75) is 38.2 Å². The van der Waals surface area contributed by atoms with Crippen molar-refractivity contribution in [3.63, 3.8) is 0 Å². The van der Waals surface area contributed by atoms with Crippen LogP contribution in [0.5, 0.6) is 5.75 Å². The van der Waals surface area contributed by atoms with Crippen LogP contribution in [0.1, 0.15) is 35.8 Å². The van der Waals surface area contributed by atoms with Gasteiger partial charge in [0, 0.05) is 18.2 Å². The van der Waals surface area contributed by atoms with Gasteiger partial charge < -0.3 is 14.6 Å². The number of hydrogen-bond acceptors (Lipinski definition) is 5. The third kappa shape index (κ3) is 4.98. The second-order valence-electron chi connectivity index (χ2n) is 7.50. The molecule has 8 heteroatoms. The van der Waals surface area contributed by atoms with Gasteiger partial charge in [-0.05, 0) is 36.1 Å². The molecule has 1 aliphatic heterocycles. The van der Waals surface area contributed by atoms with Gasteiger partial charge in [-0.1, -0.05) is 42.5 Å². The van der Waals surface area contributed by atoms with E-state index in [1.54, 1.807) is 6.20 Å². The molecule has 2 aromatic carbocycles. The first-order chi connectivity index (χ1) is 15.0. The predicted molar refractivity (Wildman–Crippen MR) is 120 cm³/mol. The number of ether oxygens (including phenoxy) is 2. The summed E-state index contributed by atoms with van der Waals surface area (Å²) in [5.41, 5.74) is 1.50. The van der Waals surface area contributed by atoms with E-state index in [1.807, 2.05) is 54.6 Å². The van der Waals surface area contributed by atoms with E-state index in [0.29, 0.717) is 37.2 Å². The van der Waals surface area contributed by atoms with Crippen LogP contribution in [0.25, 0.3) is 0 Å². The summed E-state index contributed by atoms with van der Waals surface area (Å²) in [7, 11) is 0. The normalized spacial score (nSPS) is 18.3. The van der Waals surface area contributed by atoms with Gasteiger partial charge in [0.25, 0.3) is 5.56 Å². The summed E-state index contributed by atoms with van der Waals surface area (Å²) in [6, 6.07) is 17.4. The molecular weight excluding hydrogens is 464 g/mol. The number of aliphatic hydroxyl groups excluding tert-OH is 1. The van der Waals surface area contributed by atoms with Crippen molar-refractivity contribution in [3.05, 3.63) is 98.3 Å². The average molecular weight is 487 g/mol. The molecule has 3 aromatic rings. The molecule has 1 saturated heterocycles. The Balaban J connectivity index is 1.55. The molecule has 0 amide bonds. The van der Waals surface area contributed by atoms with Crippen LogP contribution in [0, 0.1) is 0 Å². The van der Waals surface area contributed by atoms with Gasteiger partial charge in [-0.25, -0.2) is 4.79 Å². The van der Waals surface area contributed by atoms with Gasteiger partial charge in [0.15, 0.2) is 0 Å². The molecule has 2 atom stereocenters. The highest BCUT2D eigenvalue weighted by atomic mass is 79.9. The van der Waals surface area contributed by atoms with E-state index in [9.17, 15) is 14.7 Å². The Labute approximate surface area is 187 Å². The highest BCUT2D eigenvalue weighted by molar-refractivity contribution is 9.08. The zero-order valence-corrected chi connectivity index (χ0v) is 18.4. The number of halogens is 1. The molecule has 0 spiro atoms. The Kier molecular flexibility index (Phi) is 6.70. The van der Waals surface area contributed by atoms with Gasteiger partial charge in [0.2, 0.25) is 0 Å². The maximum Gasteiger partial charge on any atom is 0.343 e. The molecule has 162 valence electrons. The molecule has 0 aliphatic carbocycles. The first kappa shape index (κ1) is 21.5. The molecule has 31 heavy (non-hydrogen) atoms. The van der Waals surface area contributed by atoms with Gasteiger partial charge in [-0.15, -0.1) is 0 Å². The number of nitrogens with zero attached hydrogens (tertiary/aromatic N) is 2. The van der Waals surface area contributed by atoms with Crippen LogP contribution in [0.2, 0.25) is 0 Å². The van der Waals surface area contributed by atoms with E-state index < -0.39 is 17.5 Å². The highest BCUT2D eigenvalue weighted by Crippen LogP contribution is 2.27. The van der Waals surface area contributed by atoms with Crippen molar-refractivity contribution >= 4 is 16.1 Å². The van der Waals surface area contributed by atoms with Gasteiger partial charge >= 0.3 is 5.69 Å². The molecule has 1 aliphatic rings. The van der Waals surface area contributed by atoms with Crippen LogP contribution in [0.15, 0.2) is 70.4 Å². The number of benzene rings is 2. The first-order valence-electron chi connectivity index (χ1n) is 10.1. The van der Waals surface area contributed by atoms with Crippen molar-refractivity contribution in [2.75, 3.05) is 6.61 Å². The van der Waals surface area contributed by atoms with Crippen molar-refractivity contribution in [3.8, 4) is 5.75 Å². The van der Waals surface area contributed by atoms with Gasteiger partial charge in [-0.2, -0.15) is 3.59 Å². The Bertz CT molecular complexity index is 1160. The van der Waals surface area contributed by atoms with Gasteiger partial charge in [0.1, 0.15) is 18.6 Å². The Morgan fingerprint density at radius 1 is 1.06 bits per heavy atom. The van der Waals surface area contributed by atoms with E-state index in [-0.39, 0.29) is 12.7 Å². The molecule has 1 N–H and O–H groups in total. The van der Waals surface area contributed by atoms with Crippen LogP contribution in [0.3, 0.4) is 0 Å². The molecule has 1 aromatic heterocycles. The third-order valence-corrected chi connectivity index (χ3v) is 5.90. The molecule has 0 radical (unpaired) electrons. The number of hydrogen-bond donors (Lipinski definition) is 1. The summed E-state index contributed by atoms with van der Waals surface area (Å²) >= 11 is 3.08. The van der Waals surface area contributed by atoms with E-state index in [4.69, 9.17) is 9.47 Å². The highest BCUT2D eigenvalue weighted by Gasteiger charge is 2.28. The second kappa shape index (κ2) is 9.64. The fraction of sp³-hybridized carbons (Fsp3) is 0.304. The Morgan fingerprint density at radius 2 is 1.84 bits per heavy atom. The molecule has 0 bridgehead atoms. The van der Waals surface area contributed by atoms with Crippen LogP contribution in [-0.4, -0.2) is 26.0 Å². The maximum absolute atomic E-state index is 12.7. The zero-order chi connectivity index (χ0) is 21.8. The monoisotopic (exact) mass is 486 g/mol. The minimum Gasteiger partial charge on any atom is -0.489 e. The molecule has 0 unspecified atom stereocenters. The second-order valence-corrected chi connectivity index (χ2v) is 8.21. The summed E-state index contributed by atoms with van der Waals surface area (Å²) in [5, 5.41) is 9.30. The third-order valence-electron chi connectivity index (χ3n) is 5.28. The quantitative estimate of drug-likeness (QED) is 0.554. The lowest BCUT2D eigenvalue weighted by molar-refractivity contribution is -0.0248. The lowest BCUT2D eigenvalue weighted by Crippen LogP contribution is -2.38. The topological polar surface area (TPSA) is 82.7 Å². The van der Waals surface area contributed by atoms with Crippen molar-refractivity contribution in [2.24, 2.45) is 0 Å².